The largest absolute Gasteiger partial charge is 0.426 e. The van der Waals surface area contributed by atoms with E-state index >= 15 is 0 Å². The van der Waals surface area contributed by atoms with Gasteiger partial charge in [0.2, 0.25) is 4.74 Å². The van der Waals surface area contributed by atoms with Gasteiger partial charge in [-0.05, 0) is 70.9 Å². The molecule has 0 aliphatic rings. The van der Waals surface area contributed by atoms with Crippen molar-refractivity contribution in [1.82, 2.24) is 0 Å². The molecule has 0 bridgehead atoms. The van der Waals surface area contributed by atoms with E-state index in [2.05, 4.69) is 5.32 Å². The van der Waals surface area contributed by atoms with E-state index in [0.717, 1.165) is 16.0 Å². The van der Waals surface area contributed by atoms with E-state index in [1.807, 2.05) is 19.1 Å². The van der Waals surface area contributed by atoms with Crippen LogP contribution in [0, 0.1) is 12.7 Å². The number of carbonyl (C=O) groups is 1. The first-order valence-electron chi connectivity index (χ1n) is 9.61. The molecule has 1 heterocycles. The zero-order valence-electron chi connectivity index (χ0n) is 16.9. The number of hydrogen-bond acceptors (Lipinski definition) is 6. The highest BCUT2D eigenvalue weighted by atomic mass is 35.5. The highest BCUT2D eigenvalue weighted by Gasteiger charge is 2.14. The molecule has 4 aromatic rings. The zero-order chi connectivity index (χ0) is 22.7. The Morgan fingerprint density at radius 3 is 2.53 bits per heavy atom. The number of anilines is 2. The van der Waals surface area contributed by atoms with E-state index in [1.54, 1.807) is 42.5 Å². The van der Waals surface area contributed by atoms with Gasteiger partial charge in [0.25, 0.3) is 0 Å². The summed E-state index contributed by atoms with van der Waals surface area (Å²) < 4.78 is 19.7. The van der Waals surface area contributed by atoms with Gasteiger partial charge >= 0.3 is 5.97 Å². The van der Waals surface area contributed by atoms with Gasteiger partial charge in [-0.15, -0.1) is 0 Å². The number of aryl methyl sites for hydroxylation is 1. The molecule has 0 aliphatic carbocycles. The van der Waals surface area contributed by atoms with Crippen molar-refractivity contribution in [2.75, 3.05) is 5.32 Å². The normalized spacial score (nSPS) is 10.7. The summed E-state index contributed by atoms with van der Waals surface area (Å²) in [5.74, 6) is -0.533. The van der Waals surface area contributed by atoms with Crippen LogP contribution < -0.4 is 14.8 Å². The average Bonchev–Trinajstić information content (AvgIpc) is 3.19. The molecule has 4 nitrogen and oxygen atoms in total. The van der Waals surface area contributed by atoms with Crippen LogP contribution in [-0.4, -0.2) is 5.97 Å². The number of nitrogens with one attached hydrogen (secondary N) is 1. The fourth-order valence-electron chi connectivity index (χ4n) is 3.13. The Kier molecular flexibility index (Phi) is 6.69. The summed E-state index contributed by atoms with van der Waals surface area (Å²) >= 11 is 6.12. The Morgan fingerprint density at radius 1 is 1.06 bits per heavy atom. The molecule has 0 spiro atoms. The van der Waals surface area contributed by atoms with Gasteiger partial charge in [-0.25, -0.2) is 4.39 Å². The molecule has 0 fully saturated rings. The molecule has 162 valence electrons. The zero-order valence-corrected chi connectivity index (χ0v) is 19.2. The van der Waals surface area contributed by atoms with E-state index < -0.39 is 11.8 Å². The Bertz CT molecular complexity index is 1310. The lowest BCUT2D eigenvalue weighted by Crippen LogP contribution is -2.12. The number of esters is 1. The Balaban J connectivity index is 1.49. The summed E-state index contributed by atoms with van der Waals surface area (Å²) in [6, 6.07) is 18.5. The second-order valence-electron chi connectivity index (χ2n) is 7.05. The van der Waals surface area contributed by atoms with Crippen LogP contribution in [0.15, 0.2) is 71.5 Å². The summed E-state index contributed by atoms with van der Waals surface area (Å²) in [5, 5.41) is 3.24. The predicted molar refractivity (Wildman–Crippen MR) is 129 cm³/mol. The lowest BCUT2D eigenvalue weighted by molar-refractivity contribution is -0.133. The first-order valence-corrected chi connectivity index (χ1v) is 12.1. The topological polar surface area (TPSA) is 55.4 Å². The average molecular weight is 486 g/mol. The smallest absolute Gasteiger partial charge is 0.315 e. The van der Waals surface area contributed by atoms with Crippen molar-refractivity contribution in [2.45, 2.75) is 13.3 Å². The molecule has 1 N–H and O–H groups in total. The number of rotatable bonds is 6. The maximum Gasteiger partial charge on any atom is 0.315 e. The molecule has 0 amide bonds. The summed E-state index contributed by atoms with van der Waals surface area (Å²) in [4.78, 5) is 24.9. The molecule has 4 rings (SSSR count). The highest BCUT2D eigenvalue weighted by molar-refractivity contribution is 7.69. The summed E-state index contributed by atoms with van der Waals surface area (Å²) in [5.41, 5.74) is 3.23. The molecule has 0 unspecified atom stereocenters. The van der Waals surface area contributed by atoms with Crippen molar-refractivity contribution in [1.29, 1.82) is 0 Å². The third kappa shape index (κ3) is 5.24. The third-order valence-electron chi connectivity index (χ3n) is 4.65. The van der Waals surface area contributed by atoms with Crippen LogP contribution in [0.3, 0.4) is 0 Å². The van der Waals surface area contributed by atoms with Crippen LogP contribution in [0.25, 0.3) is 10.4 Å². The van der Waals surface area contributed by atoms with Gasteiger partial charge in [-0.1, -0.05) is 45.7 Å². The van der Waals surface area contributed by atoms with Crippen molar-refractivity contribution in [3.8, 4) is 16.2 Å². The fraction of sp³-hybridized carbons (Fsp3) is 0.0833. The number of hydrogen-bond donors (Lipinski definition) is 1. The van der Waals surface area contributed by atoms with Crippen LogP contribution >= 0.6 is 32.3 Å². The van der Waals surface area contributed by atoms with E-state index in [0.29, 0.717) is 17.0 Å². The minimum atomic E-state index is -0.484. The monoisotopic (exact) mass is 485 g/mol. The quantitative estimate of drug-likeness (QED) is 0.185. The molecular formula is C24H17ClFNO3S2. The molecule has 0 radical (unpaired) electrons. The predicted octanol–water partition coefficient (Wildman–Crippen LogP) is 6.83. The van der Waals surface area contributed by atoms with Gasteiger partial charge in [0.1, 0.15) is 11.6 Å². The second kappa shape index (κ2) is 9.65. The van der Waals surface area contributed by atoms with Gasteiger partial charge in [0.05, 0.1) is 17.1 Å². The Hall–Kier alpha value is -3.00. The number of ether oxygens (including phenoxy) is 1. The molecule has 0 aliphatic heterocycles. The number of benzene rings is 3. The molecule has 32 heavy (non-hydrogen) atoms. The number of halogens is 2. The van der Waals surface area contributed by atoms with Crippen LogP contribution in [0.4, 0.5) is 15.8 Å². The molecular weight excluding hydrogens is 469 g/mol. The number of carbonyl (C=O) groups excluding carboxylic acids is 1. The first-order chi connectivity index (χ1) is 15.4. The number of para-hydroxylation sites is 1. The van der Waals surface area contributed by atoms with Crippen LogP contribution in [0.1, 0.15) is 11.1 Å². The lowest BCUT2D eigenvalue weighted by Gasteiger charge is -2.14. The minimum absolute atomic E-state index is 0.00994. The van der Waals surface area contributed by atoms with Crippen molar-refractivity contribution in [3.05, 3.63) is 98.2 Å². The highest BCUT2D eigenvalue weighted by Crippen LogP contribution is 2.31. The maximum atomic E-state index is 14.2. The molecule has 1 aromatic heterocycles. The molecule has 0 saturated heterocycles. The van der Waals surface area contributed by atoms with Crippen LogP contribution in [-0.2, 0) is 11.2 Å². The van der Waals surface area contributed by atoms with Crippen molar-refractivity contribution < 1.29 is 13.9 Å². The second-order valence-corrected chi connectivity index (χ2v) is 9.63. The SMILES string of the molecule is Cc1ccc(Nc2c(F)cccc2Cl)c(CC(=O)Oc2ccc(-c3cc(=O)ss3)cc2)c1. The van der Waals surface area contributed by atoms with Gasteiger partial charge in [-0.2, -0.15) is 0 Å². The van der Waals surface area contributed by atoms with E-state index in [1.165, 1.54) is 32.8 Å². The summed E-state index contributed by atoms with van der Waals surface area (Å²) in [6.45, 7) is 1.91. The molecule has 0 atom stereocenters. The van der Waals surface area contributed by atoms with E-state index in [9.17, 15) is 14.0 Å². The van der Waals surface area contributed by atoms with Crippen LogP contribution in [0.5, 0.6) is 5.75 Å². The van der Waals surface area contributed by atoms with Gasteiger partial charge in [0.15, 0.2) is 0 Å². The summed E-state index contributed by atoms with van der Waals surface area (Å²) in [7, 11) is 2.59. The van der Waals surface area contributed by atoms with Crippen molar-refractivity contribution in [3.63, 3.8) is 0 Å². The molecule has 3 aromatic carbocycles. The molecule has 0 saturated carbocycles. The minimum Gasteiger partial charge on any atom is -0.426 e. The van der Waals surface area contributed by atoms with Crippen molar-refractivity contribution in [2.24, 2.45) is 0 Å². The van der Waals surface area contributed by atoms with E-state index in [4.69, 9.17) is 16.3 Å². The fourth-order valence-corrected chi connectivity index (χ4v) is 5.23. The molecule has 8 heteroatoms. The first kappa shape index (κ1) is 22.2. The lowest BCUT2D eigenvalue weighted by atomic mass is 10.1. The maximum absolute atomic E-state index is 14.2. The Morgan fingerprint density at radius 2 is 1.84 bits per heavy atom. The Labute approximate surface area is 196 Å². The van der Waals surface area contributed by atoms with Gasteiger partial charge in [0, 0.05) is 16.6 Å². The van der Waals surface area contributed by atoms with Gasteiger partial charge in [-0.3, -0.25) is 9.59 Å². The summed E-state index contributed by atoms with van der Waals surface area (Å²) in [6.07, 6.45) is -0.00994. The van der Waals surface area contributed by atoms with Crippen molar-refractivity contribution >= 4 is 49.6 Å². The van der Waals surface area contributed by atoms with Gasteiger partial charge < -0.3 is 10.1 Å². The van der Waals surface area contributed by atoms with Crippen LogP contribution in [0.2, 0.25) is 5.02 Å². The standard InChI is InChI=1S/C24H17ClFNO3S2/c1-14-5-10-20(27-24-18(25)3-2-4-19(24)26)16(11-14)12-22(28)30-17-8-6-15(7-9-17)21-13-23(29)32-31-21/h2-11,13,27H,12H2,1H3. The van der Waals surface area contributed by atoms with E-state index in [-0.39, 0.29) is 21.9 Å². The third-order valence-corrected chi connectivity index (χ3v) is 7.15.